The highest BCUT2D eigenvalue weighted by Crippen LogP contribution is 2.26. The van der Waals surface area contributed by atoms with E-state index in [0.29, 0.717) is 40.1 Å². The highest BCUT2D eigenvalue weighted by Gasteiger charge is 2.12. The van der Waals surface area contributed by atoms with Gasteiger partial charge >= 0.3 is 0 Å². The molecule has 10 heteroatoms. The van der Waals surface area contributed by atoms with E-state index in [1.54, 1.807) is 42.5 Å². The van der Waals surface area contributed by atoms with Crippen molar-refractivity contribution in [1.82, 2.24) is 16.2 Å². The third-order valence-corrected chi connectivity index (χ3v) is 5.18. The van der Waals surface area contributed by atoms with Gasteiger partial charge in [-0.25, -0.2) is 0 Å². The van der Waals surface area contributed by atoms with E-state index in [-0.39, 0.29) is 11.0 Å². The molecule has 4 N–H and O–H groups in total. The molecule has 176 valence electrons. The number of amides is 3. The van der Waals surface area contributed by atoms with Crippen molar-refractivity contribution >= 4 is 56.7 Å². The van der Waals surface area contributed by atoms with Gasteiger partial charge in [0.05, 0.1) is 11.1 Å². The molecule has 0 saturated heterocycles. The monoisotopic (exact) mass is 534 g/mol. The lowest BCUT2D eigenvalue weighted by Gasteiger charge is -2.12. The lowest BCUT2D eigenvalue weighted by molar-refractivity contribution is -0.116. The van der Waals surface area contributed by atoms with E-state index in [1.165, 1.54) is 0 Å². The molecule has 0 radical (unpaired) electrons. The molecule has 3 amide bonds. The second kappa shape index (κ2) is 13.5. The minimum absolute atomic E-state index is 0.0596. The summed E-state index contributed by atoms with van der Waals surface area (Å²) < 4.78 is 6.22. The third kappa shape index (κ3) is 8.82. The molecule has 0 atom stereocenters. The van der Waals surface area contributed by atoms with Crippen molar-refractivity contribution in [3.63, 3.8) is 0 Å². The fraction of sp³-hybridized carbons (Fsp3) is 0.304. The number of hydrogen-bond donors (Lipinski definition) is 4. The van der Waals surface area contributed by atoms with Gasteiger partial charge in [-0.1, -0.05) is 20.3 Å². The number of hydrazine groups is 1. The summed E-state index contributed by atoms with van der Waals surface area (Å²) in [6.45, 7) is 4.60. The van der Waals surface area contributed by atoms with Crippen LogP contribution in [0, 0.1) is 0 Å². The van der Waals surface area contributed by atoms with Crippen molar-refractivity contribution in [3.8, 4) is 5.75 Å². The molecule has 2 aromatic rings. The molecule has 0 aliphatic heterocycles. The standard InChI is InChI=1S/C23H27BrN4O4S/c1-3-5-6-20(29)25-17-10-7-15(8-11-17)22(31)27-28-23(33)26-21(30)16-9-12-19(18(24)14-16)32-13-4-2/h7-12,14H,3-6,13H2,1-2H3,(H,25,29)(H,27,31)(H2,26,28,30,33). The Morgan fingerprint density at radius 2 is 1.64 bits per heavy atom. The maximum absolute atomic E-state index is 12.4. The molecule has 0 aromatic heterocycles. The molecule has 0 heterocycles. The van der Waals surface area contributed by atoms with Crippen molar-refractivity contribution in [2.24, 2.45) is 0 Å². The average Bonchev–Trinajstić information content (AvgIpc) is 2.80. The van der Waals surface area contributed by atoms with Crippen LogP contribution in [0.4, 0.5) is 5.69 Å². The van der Waals surface area contributed by atoms with Crippen LogP contribution in [0.1, 0.15) is 60.2 Å². The molecule has 33 heavy (non-hydrogen) atoms. The van der Waals surface area contributed by atoms with Crippen LogP contribution < -0.4 is 26.2 Å². The summed E-state index contributed by atoms with van der Waals surface area (Å²) in [7, 11) is 0. The first-order valence-electron chi connectivity index (χ1n) is 10.6. The quantitative estimate of drug-likeness (QED) is 0.282. The number of anilines is 1. The van der Waals surface area contributed by atoms with Gasteiger partial charge in [0.2, 0.25) is 5.91 Å². The Morgan fingerprint density at radius 3 is 2.27 bits per heavy atom. The van der Waals surface area contributed by atoms with Crippen LogP contribution in [0.5, 0.6) is 5.75 Å². The van der Waals surface area contributed by atoms with Crippen LogP contribution in [0.2, 0.25) is 0 Å². The van der Waals surface area contributed by atoms with Gasteiger partial charge in [-0.15, -0.1) is 0 Å². The first kappa shape index (κ1) is 26.3. The number of unbranched alkanes of at least 4 members (excludes halogenated alkanes) is 1. The summed E-state index contributed by atoms with van der Waals surface area (Å²) in [6, 6.07) is 11.4. The number of rotatable bonds is 9. The lowest BCUT2D eigenvalue weighted by Crippen LogP contribution is -2.48. The first-order valence-corrected chi connectivity index (χ1v) is 11.8. The van der Waals surface area contributed by atoms with E-state index < -0.39 is 11.8 Å². The van der Waals surface area contributed by atoms with Crippen LogP contribution in [0.15, 0.2) is 46.9 Å². The molecule has 0 saturated carbocycles. The molecule has 0 aliphatic rings. The predicted octanol–water partition coefficient (Wildman–Crippen LogP) is 4.32. The van der Waals surface area contributed by atoms with Crippen molar-refractivity contribution in [3.05, 3.63) is 58.1 Å². The van der Waals surface area contributed by atoms with Crippen LogP contribution in [0.25, 0.3) is 0 Å². The maximum atomic E-state index is 12.4. The highest BCUT2D eigenvalue weighted by atomic mass is 79.9. The molecule has 0 unspecified atom stereocenters. The first-order chi connectivity index (χ1) is 15.8. The summed E-state index contributed by atoms with van der Waals surface area (Å²) in [5.74, 6) is -0.303. The summed E-state index contributed by atoms with van der Waals surface area (Å²) >= 11 is 8.46. The van der Waals surface area contributed by atoms with E-state index >= 15 is 0 Å². The fourth-order valence-electron chi connectivity index (χ4n) is 2.63. The number of thiocarbonyl (C=S) groups is 1. The number of halogens is 1. The molecule has 0 bridgehead atoms. The normalized spacial score (nSPS) is 10.2. The molecule has 8 nitrogen and oxygen atoms in total. The van der Waals surface area contributed by atoms with Gasteiger partial charge in [0.15, 0.2) is 5.11 Å². The Hall–Kier alpha value is -2.98. The lowest BCUT2D eigenvalue weighted by atomic mass is 10.2. The highest BCUT2D eigenvalue weighted by molar-refractivity contribution is 9.10. The van der Waals surface area contributed by atoms with Crippen LogP contribution >= 0.6 is 28.1 Å². The van der Waals surface area contributed by atoms with E-state index in [0.717, 1.165) is 19.3 Å². The van der Waals surface area contributed by atoms with Crippen molar-refractivity contribution in [2.75, 3.05) is 11.9 Å². The second-order valence-corrected chi connectivity index (χ2v) is 8.35. The zero-order valence-corrected chi connectivity index (χ0v) is 20.9. The van der Waals surface area contributed by atoms with Crippen molar-refractivity contribution in [1.29, 1.82) is 0 Å². The number of carbonyl (C=O) groups excluding carboxylic acids is 3. The Morgan fingerprint density at radius 1 is 0.939 bits per heavy atom. The zero-order chi connectivity index (χ0) is 24.2. The molecule has 0 fully saturated rings. The van der Waals surface area contributed by atoms with E-state index in [4.69, 9.17) is 17.0 Å². The van der Waals surface area contributed by atoms with E-state index in [2.05, 4.69) is 37.4 Å². The minimum atomic E-state index is -0.448. The van der Waals surface area contributed by atoms with Gasteiger partial charge in [0, 0.05) is 23.2 Å². The summed E-state index contributed by atoms with van der Waals surface area (Å²) in [5.41, 5.74) is 6.27. The van der Waals surface area contributed by atoms with Gasteiger partial charge in [0.25, 0.3) is 11.8 Å². The topological polar surface area (TPSA) is 109 Å². The molecule has 2 rings (SSSR count). The Kier molecular flexibility index (Phi) is 10.8. The number of nitrogens with one attached hydrogen (secondary N) is 4. The summed E-state index contributed by atoms with van der Waals surface area (Å²) in [6.07, 6.45) is 3.10. The minimum Gasteiger partial charge on any atom is -0.492 e. The zero-order valence-electron chi connectivity index (χ0n) is 18.5. The number of hydrogen-bond acceptors (Lipinski definition) is 5. The molecular formula is C23H27BrN4O4S. The SMILES string of the molecule is CCCCC(=O)Nc1ccc(C(=O)NNC(=S)NC(=O)c2ccc(OCCC)c(Br)c2)cc1. The van der Waals surface area contributed by atoms with Gasteiger partial charge in [-0.3, -0.25) is 30.6 Å². The molecule has 0 aliphatic carbocycles. The summed E-state index contributed by atoms with van der Waals surface area (Å²) in [5, 5.41) is 5.22. The molecular weight excluding hydrogens is 508 g/mol. The Balaban J connectivity index is 1.82. The number of ether oxygens (including phenoxy) is 1. The van der Waals surface area contributed by atoms with Gasteiger partial charge in [-0.2, -0.15) is 0 Å². The molecule has 0 spiro atoms. The maximum Gasteiger partial charge on any atom is 0.269 e. The van der Waals surface area contributed by atoms with Crippen LogP contribution in [-0.4, -0.2) is 29.4 Å². The number of carbonyl (C=O) groups is 3. The Bertz CT molecular complexity index is 998. The second-order valence-electron chi connectivity index (χ2n) is 7.09. The summed E-state index contributed by atoms with van der Waals surface area (Å²) in [4.78, 5) is 36.5. The molecule has 2 aromatic carbocycles. The largest absolute Gasteiger partial charge is 0.492 e. The number of benzene rings is 2. The van der Waals surface area contributed by atoms with E-state index in [1.807, 2.05) is 13.8 Å². The van der Waals surface area contributed by atoms with Gasteiger partial charge < -0.3 is 10.1 Å². The van der Waals surface area contributed by atoms with Crippen molar-refractivity contribution < 1.29 is 19.1 Å². The smallest absolute Gasteiger partial charge is 0.269 e. The van der Waals surface area contributed by atoms with Crippen LogP contribution in [0.3, 0.4) is 0 Å². The predicted molar refractivity (Wildman–Crippen MR) is 135 cm³/mol. The van der Waals surface area contributed by atoms with Gasteiger partial charge in [0.1, 0.15) is 5.75 Å². The average molecular weight is 535 g/mol. The van der Waals surface area contributed by atoms with Gasteiger partial charge in [-0.05, 0) is 83.5 Å². The van der Waals surface area contributed by atoms with Crippen molar-refractivity contribution in [2.45, 2.75) is 39.5 Å². The third-order valence-electron chi connectivity index (χ3n) is 4.36. The fourth-order valence-corrected chi connectivity index (χ4v) is 3.27. The Labute approximate surface area is 206 Å². The van der Waals surface area contributed by atoms with Crippen LogP contribution in [-0.2, 0) is 4.79 Å². The van der Waals surface area contributed by atoms with E-state index in [9.17, 15) is 14.4 Å².